The number of hydrogen-bond acceptors (Lipinski definition) is 4. The highest BCUT2D eigenvalue weighted by molar-refractivity contribution is 6.00. The van der Waals surface area contributed by atoms with E-state index in [9.17, 15) is 5.11 Å². The van der Waals surface area contributed by atoms with E-state index in [1.807, 2.05) is 13.0 Å². The van der Waals surface area contributed by atoms with Crippen LogP contribution in [0.2, 0.25) is 0 Å². The third kappa shape index (κ3) is 2.18. The lowest BCUT2D eigenvalue weighted by Crippen LogP contribution is -2.21. The van der Waals surface area contributed by atoms with Crippen LogP contribution in [0.4, 0.5) is 11.4 Å². The van der Waals surface area contributed by atoms with Crippen molar-refractivity contribution in [1.82, 2.24) is 4.98 Å². The number of aromatic nitrogens is 1. The Balaban J connectivity index is 1.93. The molecule has 1 N–H and O–H groups in total. The molecule has 0 aliphatic carbocycles. The minimum absolute atomic E-state index is 0.351. The van der Waals surface area contributed by atoms with E-state index in [2.05, 4.69) is 26.9 Å². The smallest absolute Gasteiger partial charge is 0.165 e. The van der Waals surface area contributed by atoms with Crippen LogP contribution in [-0.2, 0) is 0 Å². The van der Waals surface area contributed by atoms with Crippen LogP contribution in [0.25, 0.3) is 10.9 Å². The molecule has 2 aliphatic heterocycles. The summed E-state index contributed by atoms with van der Waals surface area (Å²) in [6.45, 7) is 6.26. The first-order chi connectivity index (χ1) is 10.7. The Morgan fingerprint density at radius 1 is 0.909 bits per heavy atom. The Morgan fingerprint density at radius 2 is 1.50 bits per heavy atom. The molecule has 1 aromatic carbocycles. The van der Waals surface area contributed by atoms with Crippen LogP contribution in [0.1, 0.15) is 31.4 Å². The summed E-state index contributed by atoms with van der Waals surface area (Å²) in [5.41, 5.74) is 3.91. The molecule has 0 unspecified atom stereocenters. The number of benzene rings is 1. The van der Waals surface area contributed by atoms with Gasteiger partial charge < -0.3 is 14.9 Å². The molecule has 4 heteroatoms. The molecular weight excluding hydrogens is 274 g/mol. The summed E-state index contributed by atoms with van der Waals surface area (Å²) in [7, 11) is 0. The van der Waals surface area contributed by atoms with Gasteiger partial charge >= 0.3 is 0 Å². The second-order valence-corrected chi connectivity index (χ2v) is 6.50. The molecule has 0 saturated carbocycles. The van der Waals surface area contributed by atoms with Crippen LogP contribution in [0, 0.1) is 6.92 Å². The number of pyridine rings is 1. The lowest BCUT2D eigenvalue weighted by atomic mass is 10.1. The van der Waals surface area contributed by atoms with E-state index in [1.54, 1.807) is 0 Å². The lowest BCUT2D eigenvalue weighted by molar-refractivity contribution is 0.480. The van der Waals surface area contributed by atoms with Gasteiger partial charge in [-0.05, 0) is 50.8 Å². The summed E-state index contributed by atoms with van der Waals surface area (Å²) in [5.74, 6) is 0.351. The van der Waals surface area contributed by atoms with Crippen molar-refractivity contribution < 1.29 is 5.11 Å². The zero-order valence-electron chi connectivity index (χ0n) is 13.2. The zero-order chi connectivity index (χ0) is 15.1. The van der Waals surface area contributed by atoms with Gasteiger partial charge in [0.25, 0.3) is 0 Å². The molecule has 4 nitrogen and oxygen atoms in total. The molecule has 0 atom stereocenters. The van der Waals surface area contributed by atoms with E-state index in [-0.39, 0.29) is 0 Å². The minimum atomic E-state index is 0.351. The molecule has 1 aromatic heterocycles. The van der Waals surface area contributed by atoms with Gasteiger partial charge in [-0.3, -0.25) is 0 Å². The normalized spacial score (nSPS) is 18.6. The van der Waals surface area contributed by atoms with Crippen molar-refractivity contribution in [3.8, 4) is 5.75 Å². The maximum absolute atomic E-state index is 10.8. The predicted molar refractivity (Wildman–Crippen MR) is 91.0 cm³/mol. The van der Waals surface area contributed by atoms with Gasteiger partial charge in [0.05, 0.1) is 5.69 Å². The number of phenolic OH excluding ortho intramolecular Hbond substituents is 1. The van der Waals surface area contributed by atoms with Crippen LogP contribution < -0.4 is 9.80 Å². The van der Waals surface area contributed by atoms with E-state index in [1.165, 1.54) is 31.4 Å². The molecule has 4 rings (SSSR count). The van der Waals surface area contributed by atoms with E-state index in [4.69, 9.17) is 0 Å². The highest BCUT2D eigenvalue weighted by atomic mass is 16.3. The van der Waals surface area contributed by atoms with E-state index in [0.29, 0.717) is 5.75 Å². The Bertz CT molecular complexity index is 701. The van der Waals surface area contributed by atoms with Gasteiger partial charge in [-0.25, -0.2) is 4.98 Å². The number of aryl methyl sites for hydroxylation is 1. The molecule has 0 spiro atoms. The fraction of sp³-hybridized carbons (Fsp3) is 0.500. The van der Waals surface area contributed by atoms with Crippen LogP contribution >= 0.6 is 0 Å². The van der Waals surface area contributed by atoms with E-state index < -0.39 is 0 Å². The third-order valence-corrected chi connectivity index (χ3v) is 4.94. The Labute approximate surface area is 131 Å². The van der Waals surface area contributed by atoms with Crippen molar-refractivity contribution in [2.24, 2.45) is 0 Å². The first kappa shape index (κ1) is 13.7. The summed E-state index contributed by atoms with van der Waals surface area (Å²) in [4.78, 5) is 9.38. The number of aromatic hydroxyl groups is 1. The summed E-state index contributed by atoms with van der Waals surface area (Å²) in [5, 5.41) is 11.9. The van der Waals surface area contributed by atoms with Crippen LogP contribution in [-0.4, -0.2) is 36.3 Å². The van der Waals surface area contributed by atoms with Crippen molar-refractivity contribution in [1.29, 1.82) is 0 Å². The monoisotopic (exact) mass is 297 g/mol. The third-order valence-electron chi connectivity index (χ3n) is 4.94. The number of hydrogen-bond donors (Lipinski definition) is 1. The van der Waals surface area contributed by atoms with Crippen molar-refractivity contribution >= 4 is 22.3 Å². The topological polar surface area (TPSA) is 39.6 Å². The fourth-order valence-corrected chi connectivity index (χ4v) is 3.76. The average Bonchev–Trinajstić information content (AvgIpc) is 3.21. The molecule has 3 heterocycles. The van der Waals surface area contributed by atoms with Gasteiger partial charge in [-0.2, -0.15) is 0 Å². The van der Waals surface area contributed by atoms with Gasteiger partial charge in [-0.1, -0.05) is 0 Å². The molecule has 0 bridgehead atoms. The van der Waals surface area contributed by atoms with Crippen molar-refractivity contribution in [3.05, 3.63) is 23.9 Å². The second-order valence-electron chi connectivity index (χ2n) is 6.50. The van der Waals surface area contributed by atoms with Gasteiger partial charge in [-0.15, -0.1) is 0 Å². The van der Waals surface area contributed by atoms with Crippen LogP contribution in [0.3, 0.4) is 0 Å². The maximum Gasteiger partial charge on any atom is 0.165 e. The Morgan fingerprint density at radius 3 is 2.14 bits per heavy atom. The number of anilines is 2. The average molecular weight is 297 g/mol. The standard InChI is InChI=1S/C18H23N3O/c1-13-6-7-14-15(20-8-2-3-9-20)12-16(18(22)17(14)19-13)21-10-4-5-11-21/h6-7,12,22H,2-5,8-11H2,1H3. The molecule has 0 amide bonds. The van der Waals surface area contributed by atoms with Crippen LogP contribution in [0.15, 0.2) is 18.2 Å². The van der Waals surface area contributed by atoms with E-state index >= 15 is 0 Å². The number of fused-ring (bicyclic) bond motifs is 1. The predicted octanol–water partition coefficient (Wildman–Crippen LogP) is 3.45. The Kier molecular flexibility index (Phi) is 3.32. The van der Waals surface area contributed by atoms with Gasteiger partial charge in [0, 0.05) is 42.9 Å². The molecular formula is C18H23N3O. The van der Waals surface area contributed by atoms with Crippen molar-refractivity contribution in [2.75, 3.05) is 36.0 Å². The number of nitrogens with zero attached hydrogens (tertiary/aromatic N) is 3. The molecule has 0 radical (unpaired) electrons. The number of rotatable bonds is 2. The lowest BCUT2D eigenvalue weighted by Gasteiger charge is -2.25. The number of phenols is 1. The second kappa shape index (κ2) is 5.34. The van der Waals surface area contributed by atoms with Gasteiger partial charge in [0.15, 0.2) is 5.75 Å². The highest BCUT2D eigenvalue weighted by Gasteiger charge is 2.23. The van der Waals surface area contributed by atoms with E-state index in [0.717, 1.165) is 48.5 Å². The molecule has 116 valence electrons. The molecule has 22 heavy (non-hydrogen) atoms. The fourth-order valence-electron chi connectivity index (χ4n) is 3.76. The maximum atomic E-state index is 10.8. The largest absolute Gasteiger partial charge is 0.504 e. The highest BCUT2D eigenvalue weighted by Crippen LogP contribution is 2.42. The first-order valence-electron chi connectivity index (χ1n) is 8.37. The minimum Gasteiger partial charge on any atom is -0.504 e. The summed E-state index contributed by atoms with van der Waals surface area (Å²) >= 11 is 0. The Hall–Kier alpha value is -1.97. The quantitative estimate of drug-likeness (QED) is 0.921. The summed E-state index contributed by atoms with van der Waals surface area (Å²) < 4.78 is 0. The van der Waals surface area contributed by atoms with Crippen molar-refractivity contribution in [3.63, 3.8) is 0 Å². The summed E-state index contributed by atoms with van der Waals surface area (Å²) in [6, 6.07) is 6.33. The zero-order valence-corrected chi connectivity index (χ0v) is 13.2. The summed E-state index contributed by atoms with van der Waals surface area (Å²) in [6.07, 6.45) is 4.91. The molecule has 2 aromatic rings. The van der Waals surface area contributed by atoms with Gasteiger partial charge in [0.2, 0.25) is 0 Å². The van der Waals surface area contributed by atoms with Crippen molar-refractivity contribution in [2.45, 2.75) is 32.6 Å². The molecule has 2 aliphatic rings. The SMILES string of the molecule is Cc1ccc2c(N3CCCC3)cc(N3CCCC3)c(O)c2n1. The van der Waals surface area contributed by atoms with Crippen LogP contribution in [0.5, 0.6) is 5.75 Å². The van der Waals surface area contributed by atoms with Gasteiger partial charge in [0.1, 0.15) is 5.52 Å². The first-order valence-corrected chi connectivity index (χ1v) is 8.37. The molecule has 2 fully saturated rings. The molecule has 2 saturated heterocycles.